The van der Waals surface area contributed by atoms with E-state index in [4.69, 9.17) is 4.42 Å². The molecule has 0 saturated heterocycles. The maximum Gasteiger partial charge on any atom is 0.224 e. The van der Waals surface area contributed by atoms with E-state index in [0.29, 0.717) is 18.7 Å². The van der Waals surface area contributed by atoms with Gasteiger partial charge < -0.3 is 9.73 Å². The molecule has 0 spiro atoms. The van der Waals surface area contributed by atoms with E-state index in [2.05, 4.69) is 20.5 Å². The Labute approximate surface area is 115 Å². The van der Waals surface area contributed by atoms with Gasteiger partial charge in [0.15, 0.2) is 5.89 Å². The third-order valence-corrected chi connectivity index (χ3v) is 3.00. The number of benzene rings is 1. The SMILES string of the molecule is Cc1nc(CCC(=O)Nc2ccc3cn[nH]c3c2)co1. The van der Waals surface area contributed by atoms with Gasteiger partial charge in [-0.05, 0) is 18.2 Å². The molecule has 0 atom stereocenters. The van der Waals surface area contributed by atoms with E-state index in [-0.39, 0.29) is 5.91 Å². The molecule has 102 valence electrons. The molecule has 0 aliphatic carbocycles. The van der Waals surface area contributed by atoms with Crippen LogP contribution in [0.2, 0.25) is 0 Å². The van der Waals surface area contributed by atoms with E-state index >= 15 is 0 Å². The van der Waals surface area contributed by atoms with E-state index in [0.717, 1.165) is 22.3 Å². The molecule has 0 saturated carbocycles. The van der Waals surface area contributed by atoms with Gasteiger partial charge in [-0.25, -0.2) is 4.98 Å². The van der Waals surface area contributed by atoms with Crippen LogP contribution in [0.25, 0.3) is 10.9 Å². The summed E-state index contributed by atoms with van der Waals surface area (Å²) in [6.07, 6.45) is 4.26. The van der Waals surface area contributed by atoms with Crippen molar-refractivity contribution in [2.45, 2.75) is 19.8 Å². The first-order valence-electron chi connectivity index (χ1n) is 6.35. The maximum absolute atomic E-state index is 11.9. The van der Waals surface area contributed by atoms with Crippen LogP contribution >= 0.6 is 0 Å². The number of carbonyl (C=O) groups is 1. The number of anilines is 1. The molecular formula is C14H14N4O2. The highest BCUT2D eigenvalue weighted by molar-refractivity contribution is 5.93. The Morgan fingerprint density at radius 3 is 3.15 bits per heavy atom. The number of aromatic amines is 1. The van der Waals surface area contributed by atoms with Gasteiger partial charge in [0.2, 0.25) is 5.91 Å². The van der Waals surface area contributed by atoms with Crippen LogP contribution in [0.5, 0.6) is 0 Å². The minimum Gasteiger partial charge on any atom is -0.449 e. The van der Waals surface area contributed by atoms with Crippen LogP contribution in [-0.4, -0.2) is 21.1 Å². The molecule has 3 aromatic rings. The van der Waals surface area contributed by atoms with Crippen LogP contribution in [0.15, 0.2) is 35.1 Å². The van der Waals surface area contributed by atoms with E-state index in [1.165, 1.54) is 0 Å². The van der Waals surface area contributed by atoms with E-state index in [1.54, 1.807) is 19.4 Å². The quantitative estimate of drug-likeness (QED) is 0.762. The summed E-state index contributed by atoms with van der Waals surface area (Å²) in [7, 11) is 0. The lowest BCUT2D eigenvalue weighted by Crippen LogP contribution is -2.12. The number of aromatic nitrogens is 3. The molecule has 0 aliphatic heterocycles. The van der Waals surface area contributed by atoms with Crippen LogP contribution in [0.3, 0.4) is 0 Å². The fourth-order valence-electron chi connectivity index (χ4n) is 2.00. The molecule has 2 heterocycles. The highest BCUT2D eigenvalue weighted by Crippen LogP contribution is 2.16. The van der Waals surface area contributed by atoms with Crippen molar-refractivity contribution in [1.29, 1.82) is 0 Å². The summed E-state index contributed by atoms with van der Waals surface area (Å²) in [4.78, 5) is 16.0. The van der Waals surface area contributed by atoms with Gasteiger partial charge in [-0.3, -0.25) is 9.89 Å². The van der Waals surface area contributed by atoms with Crippen LogP contribution < -0.4 is 5.32 Å². The number of nitrogens with one attached hydrogen (secondary N) is 2. The van der Waals surface area contributed by atoms with Crippen LogP contribution in [-0.2, 0) is 11.2 Å². The Morgan fingerprint density at radius 1 is 1.45 bits per heavy atom. The lowest BCUT2D eigenvalue weighted by molar-refractivity contribution is -0.116. The van der Waals surface area contributed by atoms with Crippen molar-refractivity contribution in [2.24, 2.45) is 0 Å². The first-order valence-corrected chi connectivity index (χ1v) is 6.35. The van der Waals surface area contributed by atoms with Gasteiger partial charge in [0.1, 0.15) is 6.26 Å². The number of oxazole rings is 1. The Morgan fingerprint density at radius 2 is 2.35 bits per heavy atom. The van der Waals surface area contributed by atoms with Crippen molar-refractivity contribution < 1.29 is 9.21 Å². The lowest BCUT2D eigenvalue weighted by Gasteiger charge is -2.04. The Kier molecular flexibility index (Phi) is 3.20. The summed E-state index contributed by atoms with van der Waals surface area (Å²) in [6, 6.07) is 5.63. The summed E-state index contributed by atoms with van der Waals surface area (Å²) in [5, 5.41) is 10.7. The fraction of sp³-hybridized carbons (Fsp3) is 0.214. The first kappa shape index (κ1) is 12.4. The molecule has 1 aromatic carbocycles. The first-order chi connectivity index (χ1) is 9.70. The van der Waals surface area contributed by atoms with Crippen molar-refractivity contribution in [3.05, 3.63) is 42.2 Å². The molecule has 6 nitrogen and oxygen atoms in total. The highest BCUT2D eigenvalue weighted by atomic mass is 16.3. The number of hydrogen-bond donors (Lipinski definition) is 2. The summed E-state index contributed by atoms with van der Waals surface area (Å²) >= 11 is 0. The number of amides is 1. The molecule has 2 aromatic heterocycles. The second-order valence-electron chi connectivity index (χ2n) is 4.58. The Balaban J connectivity index is 1.60. The van der Waals surface area contributed by atoms with Crippen LogP contribution in [0.1, 0.15) is 18.0 Å². The van der Waals surface area contributed by atoms with E-state index in [1.807, 2.05) is 18.2 Å². The van der Waals surface area contributed by atoms with Crippen molar-refractivity contribution in [2.75, 3.05) is 5.32 Å². The normalized spacial score (nSPS) is 10.8. The third kappa shape index (κ3) is 2.69. The van der Waals surface area contributed by atoms with Crippen molar-refractivity contribution in [1.82, 2.24) is 15.2 Å². The predicted molar refractivity (Wildman–Crippen MR) is 74.3 cm³/mol. The molecule has 0 fully saturated rings. The zero-order valence-corrected chi connectivity index (χ0v) is 11.0. The minimum absolute atomic E-state index is 0.0514. The average molecular weight is 270 g/mol. The number of aryl methyl sites for hydroxylation is 2. The molecule has 0 unspecified atom stereocenters. The standard InChI is InChI=1S/C14H14N4O2/c1-9-16-12(8-20-9)4-5-14(19)17-11-3-2-10-7-15-18-13(10)6-11/h2-3,6-8H,4-5H2,1H3,(H,15,18)(H,17,19). The molecule has 1 amide bonds. The molecule has 0 bridgehead atoms. The monoisotopic (exact) mass is 270 g/mol. The largest absolute Gasteiger partial charge is 0.449 e. The second-order valence-corrected chi connectivity index (χ2v) is 4.58. The third-order valence-electron chi connectivity index (χ3n) is 3.00. The molecule has 3 rings (SSSR count). The van der Waals surface area contributed by atoms with Gasteiger partial charge in [0, 0.05) is 30.8 Å². The summed E-state index contributed by atoms with van der Waals surface area (Å²) < 4.78 is 5.10. The predicted octanol–water partition coefficient (Wildman–Crippen LogP) is 2.43. The highest BCUT2D eigenvalue weighted by Gasteiger charge is 2.06. The number of carbonyl (C=O) groups excluding carboxylic acids is 1. The average Bonchev–Trinajstić information content (AvgIpc) is 3.04. The second kappa shape index (κ2) is 5.16. The maximum atomic E-state index is 11.9. The van der Waals surface area contributed by atoms with Crippen molar-refractivity contribution in [3.63, 3.8) is 0 Å². The lowest BCUT2D eigenvalue weighted by atomic mass is 10.2. The van der Waals surface area contributed by atoms with E-state index in [9.17, 15) is 4.79 Å². The molecule has 20 heavy (non-hydrogen) atoms. The zero-order chi connectivity index (χ0) is 13.9. The number of rotatable bonds is 4. The molecule has 6 heteroatoms. The van der Waals surface area contributed by atoms with Gasteiger partial charge >= 0.3 is 0 Å². The van der Waals surface area contributed by atoms with Gasteiger partial charge in [-0.1, -0.05) is 0 Å². The molecular weight excluding hydrogens is 256 g/mol. The van der Waals surface area contributed by atoms with Gasteiger partial charge in [-0.15, -0.1) is 0 Å². The van der Waals surface area contributed by atoms with Gasteiger partial charge in [-0.2, -0.15) is 5.10 Å². The van der Waals surface area contributed by atoms with Crippen molar-refractivity contribution in [3.8, 4) is 0 Å². The summed E-state index contributed by atoms with van der Waals surface area (Å²) in [6.45, 7) is 1.78. The minimum atomic E-state index is -0.0514. The fourth-order valence-corrected chi connectivity index (χ4v) is 2.00. The number of fused-ring (bicyclic) bond motifs is 1. The number of hydrogen-bond acceptors (Lipinski definition) is 4. The molecule has 0 radical (unpaired) electrons. The topological polar surface area (TPSA) is 83.8 Å². The Bertz CT molecular complexity index is 744. The van der Waals surface area contributed by atoms with Gasteiger partial charge in [0.25, 0.3) is 0 Å². The summed E-state index contributed by atoms with van der Waals surface area (Å²) in [5.74, 6) is 0.564. The summed E-state index contributed by atoms with van der Waals surface area (Å²) in [5.41, 5.74) is 2.44. The number of nitrogens with zero attached hydrogens (tertiary/aromatic N) is 2. The molecule has 2 N–H and O–H groups in total. The van der Waals surface area contributed by atoms with Gasteiger partial charge in [0.05, 0.1) is 17.4 Å². The molecule has 0 aliphatic rings. The van der Waals surface area contributed by atoms with Crippen LogP contribution in [0.4, 0.5) is 5.69 Å². The Hall–Kier alpha value is -2.63. The van der Waals surface area contributed by atoms with Crippen molar-refractivity contribution >= 4 is 22.5 Å². The van der Waals surface area contributed by atoms with E-state index < -0.39 is 0 Å². The number of H-pyrrole nitrogens is 1. The van der Waals surface area contributed by atoms with Crippen LogP contribution in [0, 0.1) is 6.92 Å². The zero-order valence-electron chi connectivity index (χ0n) is 11.0. The smallest absolute Gasteiger partial charge is 0.224 e.